The van der Waals surface area contributed by atoms with Crippen molar-refractivity contribution in [3.05, 3.63) is 12.0 Å². The van der Waals surface area contributed by atoms with Crippen LogP contribution in [0.3, 0.4) is 0 Å². The molecule has 0 radical (unpaired) electrons. The van der Waals surface area contributed by atoms with Gasteiger partial charge in [-0.2, -0.15) is 0 Å². The first-order valence-corrected chi connectivity index (χ1v) is 3.18. The minimum atomic E-state index is -1.07. The van der Waals surface area contributed by atoms with E-state index in [-0.39, 0.29) is 5.70 Å². The van der Waals surface area contributed by atoms with Gasteiger partial charge >= 0.3 is 5.97 Å². The minimum absolute atomic E-state index is 0.0654. The number of rotatable bonds is 1. The molecule has 1 unspecified atom stereocenters. The molecule has 0 aliphatic carbocycles. The highest BCUT2D eigenvalue weighted by atomic mass is 16.5. The molecule has 0 aromatic rings. The van der Waals surface area contributed by atoms with Crippen LogP contribution in [-0.4, -0.2) is 30.6 Å². The molecule has 1 N–H and O–H groups in total. The van der Waals surface area contributed by atoms with Gasteiger partial charge in [-0.1, -0.05) is 0 Å². The summed E-state index contributed by atoms with van der Waals surface area (Å²) in [5, 5.41) is 8.45. The Kier molecular flexibility index (Phi) is 1.72. The van der Waals surface area contributed by atoms with E-state index >= 15 is 0 Å². The van der Waals surface area contributed by atoms with Crippen LogP contribution in [0.15, 0.2) is 17.0 Å². The van der Waals surface area contributed by atoms with Crippen molar-refractivity contribution in [2.45, 2.75) is 12.4 Å². The van der Waals surface area contributed by atoms with E-state index in [1.807, 2.05) is 0 Å². The van der Waals surface area contributed by atoms with Crippen LogP contribution < -0.4 is 0 Å². The van der Waals surface area contributed by atoms with Gasteiger partial charge in [0.05, 0.1) is 0 Å². The average Bonchev–Trinajstić information content (AvgIpc) is 1.86. The Balaban J connectivity index is 2.75. The maximum Gasteiger partial charge on any atom is 0.357 e. The van der Waals surface area contributed by atoms with E-state index in [0.29, 0.717) is 0 Å². The maximum atomic E-state index is 10.3. The summed E-state index contributed by atoms with van der Waals surface area (Å²) in [6.07, 6.45) is 2.62. The van der Waals surface area contributed by atoms with E-state index < -0.39 is 11.5 Å². The summed E-state index contributed by atoms with van der Waals surface area (Å²) in [5.74, 6) is -1.07. The molecule has 0 amide bonds. The highest BCUT2D eigenvalue weighted by molar-refractivity contribution is 6.24. The molecule has 58 valence electrons. The van der Waals surface area contributed by atoms with Crippen molar-refractivity contribution in [2.75, 3.05) is 0 Å². The number of aliphatic carboxylic acids is 1. The average molecular weight is 153 g/mol. The van der Waals surface area contributed by atoms with Crippen molar-refractivity contribution < 1.29 is 14.6 Å². The van der Waals surface area contributed by atoms with E-state index in [2.05, 4.69) is 4.99 Å². The van der Waals surface area contributed by atoms with Gasteiger partial charge in [0.25, 0.3) is 0 Å². The molecule has 0 aromatic heterocycles. The van der Waals surface area contributed by atoms with Gasteiger partial charge in [-0.25, -0.2) is 9.79 Å². The second kappa shape index (κ2) is 2.41. The number of carboxylic acid groups (broad SMARTS) is 1. The van der Waals surface area contributed by atoms with Crippen LogP contribution in [0.2, 0.25) is 0 Å². The molecule has 1 rings (SSSR count). The lowest BCUT2D eigenvalue weighted by atomic mass is 9.84. The molecule has 0 fully saturated rings. The van der Waals surface area contributed by atoms with Crippen LogP contribution in [0.5, 0.6) is 0 Å². The molecule has 1 aliphatic rings. The van der Waals surface area contributed by atoms with Crippen LogP contribution in [0.25, 0.3) is 0 Å². The van der Waals surface area contributed by atoms with Crippen molar-refractivity contribution in [2.24, 2.45) is 4.99 Å². The van der Waals surface area contributed by atoms with Crippen LogP contribution in [0, 0.1) is 0 Å². The number of carbonyl (C=O) groups is 1. The molecule has 0 saturated heterocycles. The third-order valence-electron chi connectivity index (χ3n) is 1.21. The number of hydrogen-bond donors (Lipinski definition) is 1. The Morgan fingerprint density at radius 3 is 2.91 bits per heavy atom. The summed E-state index contributed by atoms with van der Waals surface area (Å²) < 4.78 is 5.05. The fourth-order valence-corrected chi connectivity index (χ4v) is 0.599. The normalized spacial score (nSPS) is 29.0. The maximum absolute atomic E-state index is 10.3. The summed E-state index contributed by atoms with van der Waals surface area (Å²) in [6, 6.07) is 0. The van der Waals surface area contributed by atoms with E-state index in [4.69, 9.17) is 9.84 Å². The first kappa shape index (κ1) is 7.85. The number of hydrogen-bond acceptors (Lipinski definition) is 3. The van der Waals surface area contributed by atoms with E-state index in [1.165, 1.54) is 6.21 Å². The van der Waals surface area contributed by atoms with Crippen LogP contribution in [0.4, 0.5) is 0 Å². The Morgan fingerprint density at radius 1 is 1.91 bits per heavy atom. The van der Waals surface area contributed by atoms with Gasteiger partial charge in [-0.3, -0.25) is 0 Å². The lowest BCUT2D eigenvalue weighted by Crippen LogP contribution is -2.31. The Labute approximate surface area is 65.0 Å². The lowest BCUT2D eigenvalue weighted by Gasteiger charge is -2.22. The summed E-state index contributed by atoms with van der Waals surface area (Å²) in [6.45, 7) is 1.80. The molecule has 0 spiro atoms. The fourth-order valence-electron chi connectivity index (χ4n) is 0.599. The van der Waals surface area contributed by atoms with Gasteiger partial charge < -0.3 is 9.84 Å². The van der Waals surface area contributed by atoms with Gasteiger partial charge in [-0.05, 0) is 6.92 Å². The summed E-state index contributed by atoms with van der Waals surface area (Å²) in [4.78, 5) is 14.0. The molecule has 1 heterocycles. The molecule has 0 bridgehead atoms. The number of carboxylic acids is 1. The third kappa shape index (κ3) is 1.83. The van der Waals surface area contributed by atoms with Crippen molar-refractivity contribution in [1.82, 2.24) is 0 Å². The Hall–Kier alpha value is -1.26. The van der Waals surface area contributed by atoms with Gasteiger partial charge in [-0.15, -0.1) is 0 Å². The first-order chi connectivity index (χ1) is 5.01. The smallest absolute Gasteiger partial charge is 0.357 e. The minimum Gasteiger partial charge on any atom is -0.497 e. The third-order valence-corrected chi connectivity index (χ3v) is 1.21. The molecular formula is C6H8BNO3. The van der Waals surface area contributed by atoms with Crippen LogP contribution in [0.1, 0.15) is 6.92 Å². The van der Waals surface area contributed by atoms with Gasteiger partial charge in [0.2, 0.25) is 0 Å². The van der Waals surface area contributed by atoms with Gasteiger partial charge in [0.1, 0.15) is 11.8 Å². The van der Waals surface area contributed by atoms with Gasteiger partial charge in [0.15, 0.2) is 13.5 Å². The molecule has 11 heavy (non-hydrogen) atoms. The molecule has 0 saturated carbocycles. The second-order valence-corrected chi connectivity index (χ2v) is 2.79. The number of ether oxygens (including phenoxy) is 1. The fraction of sp³-hybridized carbons (Fsp3) is 0.333. The van der Waals surface area contributed by atoms with Crippen molar-refractivity contribution in [3.8, 4) is 0 Å². The Bertz CT molecular complexity index is 244. The predicted octanol–water partition coefficient (Wildman–Crippen LogP) is -0.637. The highest BCUT2D eigenvalue weighted by Crippen LogP contribution is 2.11. The molecule has 4 nitrogen and oxygen atoms in total. The van der Waals surface area contributed by atoms with Crippen molar-refractivity contribution in [1.29, 1.82) is 0 Å². The largest absolute Gasteiger partial charge is 0.497 e. The summed E-state index contributed by atoms with van der Waals surface area (Å²) in [7, 11) is 1.80. The first-order valence-electron chi connectivity index (χ1n) is 3.18. The summed E-state index contributed by atoms with van der Waals surface area (Å²) in [5.41, 5.74) is -0.553. The van der Waals surface area contributed by atoms with E-state index in [9.17, 15) is 4.79 Å². The molecular weight excluding hydrogens is 145 g/mol. The quantitative estimate of drug-likeness (QED) is 0.509. The zero-order chi connectivity index (χ0) is 8.48. The van der Waals surface area contributed by atoms with E-state index in [0.717, 1.165) is 6.26 Å². The predicted molar refractivity (Wildman–Crippen MR) is 42.2 cm³/mol. The lowest BCUT2D eigenvalue weighted by molar-refractivity contribution is -0.132. The molecule has 0 aromatic carbocycles. The van der Waals surface area contributed by atoms with Crippen LogP contribution in [-0.2, 0) is 9.53 Å². The SMILES string of the molecule is BC1(C)C=NC(C(=O)O)=CO1. The second-order valence-electron chi connectivity index (χ2n) is 2.79. The van der Waals surface area contributed by atoms with Crippen molar-refractivity contribution in [3.63, 3.8) is 0 Å². The molecule has 1 atom stereocenters. The van der Waals surface area contributed by atoms with Gasteiger partial charge in [0, 0.05) is 6.21 Å². The van der Waals surface area contributed by atoms with Crippen molar-refractivity contribution >= 4 is 20.0 Å². The topological polar surface area (TPSA) is 58.9 Å². The number of aliphatic imine (C=N–C) groups is 1. The summed E-state index contributed by atoms with van der Waals surface area (Å²) >= 11 is 0. The van der Waals surface area contributed by atoms with Crippen LogP contribution >= 0.6 is 0 Å². The Morgan fingerprint density at radius 2 is 2.55 bits per heavy atom. The zero-order valence-electron chi connectivity index (χ0n) is 6.37. The van der Waals surface area contributed by atoms with E-state index in [1.54, 1.807) is 14.8 Å². The highest BCUT2D eigenvalue weighted by Gasteiger charge is 2.20. The standard InChI is InChI=1S/C6H8BNO3/c1-6(7)3-8-4(2-11-6)5(9)10/h2-3H,7H2,1H3,(H,9,10). The zero-order valence-corrected chi connectivity index (χ0v) is 6.37. The monoisotopic (exact) mass is 153 g/mol. The number of nitrogens with zero attached hydrogens (tertiary/aromatic N) is 1. The molecule has 1 aliphatic heterocycles. The molecule has 5 heteroatoms.